The van der Waals surface area contributed by atoms with Crippen LogP contribution in [0.25, 0.3) is 11.1 Å². The summed E-state index contributed by atoms with van der Waals surface area (Å²) in [6, 6.07) is 9.49. The topological polar surface area (TPSA) is 110 Å². The highest BCUT2D eigenvalue weighted by atomic mass is 32.2. The van der Waals surface area contributed by atoms with Crippen LogP contribution in [0.15, 0.2) is 56.8 Å². The summed E-state index contributed by atoms with van der Waals surface area (Å²) in [6.07, 6.45) is -2.61. The maximum Gasteiger partial charge on any atom is 0.420 e. The molecule has 4 aromatic rings. The number of alkyl halides is 3. The summed E-state index contributed by atoms with van der Waals surface area (Å²) >= 11 is 0.875. The highest BCUT2D eigenvalue weighted by Gasteiger charge is 2.32. The molecule has 0 radical (unpaired) electrons. The molecular formula is C21H18F3N5O4S2. The van der Waals surface area contributed by atoms with Crippen LogP contribution in [0.3, 0.4) is 0 Å². The number of nitrogens with one attached hydrogen (secondary N) is 1. The Hall–Kier alpha value is -3.23. The van der Waals surface area contributed by atoms with Crippen molar-refractivity contribution in [1.29, 1.82) is 0 Å². The van der Waals surface area contributed by atoms with Crippen molar-refractivity contribution in [3.05, 3.63) is 70.0 Å². The second kappa shape index (κ2) is 8.77. The van der Waals surface area contributed by atoms with Gasteiger partial charge in [0.1, 0.15) is 6.33 Å². The third-order valence-corrected chi connectivity index (χ3v) is 7.76. The van der Waals surface area contributed by atoms with Crippen LogP contribution in [-0.2, 0) is 29.5 Å². The molecular weight excluding hydrogens is 507 g/mol. The fourth-order valence-electron chi connectivity index (χ4n) is 4.17. The number of fused-ring (bicyclic) bond motifs is 2. The van der Waals surface area contributed by atoms with Crippen molar-refractivity contribution in [3.63, 3.8) is 0 Å². The number of rotatable bonds is 6. The Bertz CT molecular complexity index is 1550. The van der Waals surface area contributed by atoms with E-state index in [-0.39, 0.29) is 28.7 Å². The standard InChI is InChI=1S/C21H18F3N5O4S2/c22-21(23,24)11-28-7-6-13-2-1-3-14(16(13)10-28)9-29-17-5-4-15(8-18(17)33-20(29)30)35(31,32)27-19-25-12-26-34-19/h1-5,8,12H,6-7,9-11H2,(H,25,26,27). The first-order valence-corrected chi connectivity index (χ1v) is 12.7. The number of hydrogen-bond donors (Lipinski definition) is 1. The van der Waals surface area contributed by atoms with Gasteiger partial charge in [-0.1, -0.05) is 18.2 Å². The van der Waals surface area contributed by atoms with E-state index in [2.05, 4.69) is 14.1 Å². The van der Waals surface area contributed by atoms with E-state index in [0.717, 1.165) is 22.7 Å². The monoisotopic (exact) mass is 525 g/mol. The average molecular weight is 526 g/mol. The van der Waals surface area contributed by atoms with E-state index in [0.29, 0.717) is 24.0 Å². The van der Waals surface area contributed by atoms with Gasteiger partial charge >= 0.3 is 11.9 Å². The molecule has 0 saturated heterocycles. The normalized spacial score (nSPS) is 14.8. The molecule has 2 aromatic heterocycles. The highest BCUT2D eigenvalue weighted by Crippen LogP contribution is 2.28. The van der Waals surface area contributed by atoms with E-state index in [4.69, 9.17) is 4.42 Å². The van der Waals surface area contributed by atoms with Crippen LogP contribution >= 0.6 is 11.5 Å². The number of anilines is 1. The molecule has 184 valence electrons. The van der Waals surface area contributed by atoms with Gasteiger partial charge in [0.15, 0.2) is 5.58 Å². The molecule has 0 saturated carbocycles. The van der Waals surface area contributed by atoms with Gasteiger partial charge in [0.25, 0.3) is 10.0 Å². The van der Waals surface area contributed by atoms with E-state index in [1.54, 1.807) is 6.07 Å². The van der Waals surface area contributed by atoms with Crippen molar-refractivity contribution in [3.8, 4) is 0 Å². The predicted octanol–water partition coefficient (Wildman–Crippen LogP) is 3.22. The SMILES string of the molecule is O=c1oc2cc(S(=O)(=O)Nc3ncns3)ccc2n1Cc1cccc2c1CN(CC(F)(F)F)CC2. The number of oxazole rings is 1. The van der Waals surface area contributed by atoms with Gasteiger partial charge in [-0.2, -0.15) is 17.5 Å². The molecule has 0 aliphatic carbocycles. The van der Waals surface area contributed by atoms with Gasteiger partial charge in [-0.3, -0.25) is 14.2 Å². The quantitative estimate of drug-likeness (QED) is 0.412. The first-order chi connectivity index (χ1) is 16.6. The first-order valence-electron chi connectivity index (χ1n) is 10.4. The summed E-state index contributed by atoms with van der Waals surface area (Å²) in [6.45, 7) is -0.510. The molecule has 9 nitrogen and oxygen atoms in total. The summed E-state index contributed by atoms with van der Waals surface area (Å²) in [5, 5.41) is 0.0949. The van der Waals surface area contributed by atoms with E-state index in [1.807, 2.05) is 12.1 Å². The molecule has 1 N–H and O–H groups in total. The molecule has 0 unspecified atom stereocenters. The van der Waals surface area contributed by atoms with Crippen LogP contribution in [0.2, 0.25) is 0 Å². The van der Waals surface area contributed by atoms with Gasteiger partial charge in [0.2, 0.25) is 5.13 Å². The summed E-state index contributed by atoms with van der Waals surface area (Å²) in [7, 11) is -3.98. The van der Waals surface area contributed by atoms with Crippen LogP contribution in [0, 0.1) is 0 Å². The molecule has 0 bridgehead atoms. The van der Waals surface area contributed by atoms with Gasteiger partial charge in [-0.05, 0) is 35.2 Å². The van der Waals surface area contributed by atoms with Gasteiger partial charge in [-0.15, -0.1) is 0 Å². The van der Waals surface area contributed by atoms with Gasteiger partial charge in [0, 0.05) is 30.7 Å². The smallest absolute Gasteiger partial charge is 0.408 e. The zero-order valence-corrected chi connectivity index (χ0v) is 19.6. The van der Waals surface area contributed by atoms with Crippen molar-refractivity contribution in [1.82, 2.24) is 18.8 Å². The predicted molar refractivity (Wildman–Crippen MR) is 122 cm³/mol. The van der Waals surface area contributed by atoms with E-state index in [1.165, 1.54) is 34.0 Å². The summed E-state index contributed by atoms with van der Waals surface area (Å²) in [5.74, 6) is -0.702. The molecule has 0 amide bonds. The first kappa shape index (κ1) is 23.5. The van der Waals surface area contributed by atoms with Gasteiger partial charge in [0.05, 0.1) is 23.5 Å². The molecule has 0 spiro atoms. The van der Waals surface area contributed by atoms with Crippen LogP contribution in [0.4, 0.5) is 18.3 Å². The van der Waals surface area contributed by atoms with E-state index >= 15 is 0 Å². The minimum Gasteiger partial charge on any atom is -0.408 e. The van der Waals surface area contributed by atoms with Crippen molar-refractivity contribution >= 4 is 37.8 Å². The van der Waals surface area contributed by atoms with Crippen LogP contribution in [-0.4, -0.2) is 46.5 Å². The number of aromatic nitrogens is 3. The second-order valence-electron chi connectivity index (χ2n) is 8.07. The van der Waals surface area contributed by atoms with Crippen LogP contribution in [0.1, 0.15) is 16.7 Å². The maximum absolute atomic E-state index is 12.9. The molecule has 1 aliphatic heterocycles. The second-order valence-corrected chi connectivity index (χ2v) is 10.5. The number of benzene rings is 2. The van der Waals surface area contributed by atoms with Crippen molar-refractivity contribution < 1.29 is 26.0 Å². The largest absolute Gasteiger partial charge is 0.420 e. The Morgan fingerprint density at radius 1 is 1.20 bits per heavy atom. The minimum absolute atomic E-state index is 0.0682. The number of halogens is 3. The van der Waals surface area contributed by atoms with Gasteiger partial charge < -0.3 is 4.42 Å². The number of sulfonamides is 1. The third-order valence-electron chi connectivity index (χ3n) is 5.71. The maximum atomic E-state index is 12.9. The molecule has 0 fully saturated rings. The molecule has 5 rings (SSSR count). The summed E-state index contributed by atoms with van der Waals surface area (Å²) in [5.41, 5.74) is 2.83. The van der Waals surface area contributed by atoms with Crippen molar-refractivity contribution in [2.24, 2.45) is 0 Å². The lowest BCUT2D eigenvalue weighted by Gasteiger charge is -2.30. The zero-order chi connectivity index (χ0) is 24.8. The lowest BCUT2D eigenvalue weighted by atomic mass is 9.94. The van der Waals surface area contributed by atoms with Crippen molar-refractivity contribution in [2.75, 3.05) is 17.8 Å². The Labute approximate surface area is 201 Å². The fourth-order valence-corrected chi connectivity index (χ4v) is 5.85. The molecule has 0 atom stereocenters. The summed E-state index contributed by atoms with van der Waals surface area (Å²) in [4.78, 5) is 17.6. The molecule has 35 heavy (non-hydrogen) atoms. The van der Waals surface area contributed by atoms with E-state index < -0.39 is 28.5 Å². The lowest BCUT2D eigenvalue weighted by molar-refractivity contribution is -0.147. The zero-order valence-electron chi connectivity index (χ0n) is 17.9. The third kappa shape index (κ3) is 4.94. The molecule has 3 heterocycles. The minimum atomic E-state index is -4.30. The Kier molecular flexibility index (Phi) is 5.89. The number of hydrogen-bond acceptors (Lipinski definition) is 8. The number of nitrogens with zero attached hydrogens (tertiary/aromatic N) is 4. The highest BCUT2D eigenvalue weighted by molar-refractivity contribution is 7.93. The lowest BCUT2D eigenvalue weighted by Crippen LogP contribution is -2.38. The molecule has 2 aromatic carbocycles. The summed E-state index contributed by atoms with van der Waals surface area (Å²) < 4.78 is 76.7. The fraction of sp³-hybridized carbons (Fsp3) is 0.286. The van der Waals surface area contributed by atoms with Crippen LogP contribution in [0.5, 0.6) is 0 Å². The van der Waals surface area contributed by atoms with E-state index in [9.17, 15) is 26.4 Å². The Morgan fingerprint density at radius 3 is 2.77 bits per heavy atom. The van der Waals surface area contributed by atoms with Gasteiger partial charge in [-0.25, -0.2) is 18.2 Å². The Balaban J connectivity index is 1.45. The average Bonchev–Trinajstić information content (AvgIpc) is 3.39. The molecule has 1 aliphatic rings. The Morgan fingerprint density at radius 2 is 2.03 bits per heavy atom. The van der Waals surface area contributed by atoms with Crippen molar-refractivity contribution in [2.45, 2.75) is 30.6 Å². The molecule has 14 heteroatoms. The van der Waals surface area contributed by atoms with Crippen LogP contribution < -0.4 is 10.5 Å².